The zero-order valence-electron chi connectivity index (χ0n) is 11.8. The molecule has 0 saturated heterocycles. The van der Waals surface area contributed by atoms with Crippen molar-refractivity contribution in [3.63, 3.8) is 0 Å². The number of carbonyl (C=O) groups is 1. The highest BCUT2D eigenvalue weighted by atomic mass is 79.9. The van der Waals surface area contributed by atoms with Gasteiger partial charge in [0.2, 0.25) is 0 Å². The molecule has 7 heteroatoms. The van der Waals surface area contributed by atoms with E-state index in [2.05, 4.69) is 31.4 Å². The number of hydrogen-bond acceptors (Lipinski definition) is 3. The third-order valence-corrected chi connectivity index (χ3v) is 3.73. The van der Waals surface area contributed by atoms with Gasteiger partial charge < -0.3 is 5.32 Å². The summed E-state index contributed by atoms with van der Waals surface area (Å²) in [6.45, 7) is 7.34. The van der Waals surface area contributed by atoms with E-state index in [1.54, 1.807) is 17.1 Å². The lowest BCUT2D eigenvalue weighted by Crippen LogP contribution is -2.30. The molecule has 0 bridgehead atoms. The third kappa shape index (κ3) is 2.77. The van der Waals surface area contributed by atoms with Gasteiger partial charge >= 0.3 is 0 Å². The van der Waals surface area contributed by atoms with Crippen LogP contribution >= 0.6 is 15.9 Å². The van der Waals surface area contributed by atoms with Crippen molar-refractivity contribution in [3.8, 4) is 0 Å². The number of aryl methyl sites for hydroxylation is 2. The molecule has 0 aliphatic carbocycles. The summed E-state index contributed by atoms with van der Waals surface area (Å²) < 4.78 is 4.24. The summed E-state index contributed by atoms with van der Waals surface area (Å²) in [5.74, 6) is -0.146. The van der Waals surface area contributed by atoms with Crippen molar-refractivity contribution < 1.29 is 4.79 Å². The SMILES string of the molecule is CCn1nccc1C(C)NC(=O)c1c(Br)cnn1CC. The number of hydrogen-bond donors (Lipinski definition) is 1. The molecule has 1 atom stereocenters. The van der Waals surface area contributed by atoms with Crippen LogP contribution in [0.4, 0.5) is 0 Å². The minimum absolute atomic E-state index is 0.114. The van der Waals surface area contributed by atoms with E-state index in [-0.39, 0.29) is 11.9 Å². The number of aromatic nitrogens is 4. The van der Waals surface area contributed by atoms with E-state index >= 15 is 0 Å². The van der Waals surface area contributed by atoms with Gasteiger partial charge in [0.25, 0.3) is 5.91 Å². The van der Waals surface area contributed by atoms with Crippen LogP contribution in [0.1, 0.15) is 43.0 Å². The standard InChI is InChI=1S/C13H18BrN5O/c1-4-18-11(6-7-15-18)9(3)17-13(20)12-10(14)8-16-19(12)5-2/h6-9H,4-5H2,1-3H3,(H,17,20). The Morgan fingerprint density at radius 2 is 2.05 bits per heavy atom. The fourth-order valence-electron chi connectivity index (χ4n) is 2.14. The second kappa shape index (κ2) is 6.21. The molecule has 1 N–H and O–H groups in total. The first kappa shape index (κ1) is 14.8. The first-order valence-corrected chi connectivity index (χ1v) is 7.41. The molecular formula is C13H18BrN5O. The zero-order chi connectivity index (χ0) is 14.7. The summed E-state index contributed by atoms with van der Waals surface area (Å²) in [4.78, 5) is 12.4. The van der Waals surface area contributed by atoms with Gasteiger partial charge in [0, 0.05) is 19.3 Å². The zero-order valence-corrected chi connectivity index (χ0v) is 13.4. The number of nitrogens with zero attached hydrogens (tertiary/aromatic N) is 4. The molecule has 2 heterocycles. The van der Waals surface area contributed by atoms with Crippen LogP contribution in [0, 0.1) is 0 Å². The maximum absolute atomic E-state index is 12.4. The Labute approximate surface area is 126 Å². The maximum atomic E-state index is 12.4. The summed E-state index contributed by atoms with van der Waals surface area (Å²) in [5, 5.41) is 11.4. The first-order valence-electron chi connectivity index (χ1n) is 6.62. The highest BCUT2D eigenvalue weighted by Gasteiger charge is 2.20. The molecule has 2 aromatic rings. The molecule has 108 valence electrons. The monoisotopic (exact) mass is 339 g/mol. The van der Waals surface area contributed by atoms with Crippen LogP contribution in [0.25, 0.3) is 0 Å². The Bertz CT molecular complexity index is 604. The molecule has 2 aromatic heterocycles. The number of rotatable bonds is 5. The fraction of sp³-hybridized carbons (Fsp3) is 0.462. The molecule has 2 rings (SSSR count). The van der Waals surface area contributed by atoms with Gasteiger partial charge in [-0.2, -0.15) is 10.2 Å². The highest BCUT2D eigenvalue weighted by Crippen LogP contribution is 2.18. The van der Waals surface area contributed by atoms with Crippen LogP contribution in [-0.2, 0) is 13.1 Å². The molecular weight excluding hydrogens is 322 g/mol. The smallest absolute Gasteiger partial charge is 0.271 e. The van der Waals surface area contributed by atoms with Gasteiger partial charge in [-0.15, -0.1) is 0 Å². The molecule has 0 fully saturated rings. The van der Waals surface area contributed by atoms with Crippen molar-refractivity contribution in [1.82, 2.24) is 24.9 Å². The highest BCUT2D eigenvalue weighted by molar-refractivity contribution is 9.10. The van der Waals surface area contributed by atoms with Crippen molar-refractivity contribution in [2.75, 3.05) is 0 Å². The Morgan fingerprint density at radius 1 is 1.35 bits per heavy atom. The molecule has 0 spiro atoms. The quantitative estimate of drug-likeness (QED) is 0.909. The molecule has 0 aromatic carbocycles. The number of carbonyl (C=O) groups excluding carboxylic acids is 1. The van der Waals surface area contributed by atoms with E-state index in [9.17, 15) is 4.79 Å². The largest absolute Gasteiger partial charge is 0.343 e. The van der Waals surface area contributed by atoms with Crippen molar-refractivity contribution in [2.24, 2.45) is 0 Å². The first-order chi connectivity index (χ1) is 9.58. The average molecular weight is 340 g/mol. The minimum Gasteiger partial charge on any atom is -0.343 e. The van der Waals surface area contributed by atoms with Crippen LogP contribution in [0.15, 0.2) is 22.9 Å². The normalized spacial score (nSPS) is 12.4. The Balaban J connectivity index is 2.17. The summed E-state index contributed by atoms with van der Waals surface area (Å²) in [5.41, 5.74) is 1.53. The summed E-state index contributed by atoms with van der Waals surface area (Å²) >= 11 is 3.36. The van der Waals surface area contributed by atoms with E-state index < -0.39 is 0 Å². The van der Waals surface area contributed by atoms with Crippen LogP contribution in [0.2, 0.25) is 0 Å². The van der Waals surface area contributed by atoms with Crippen molar-refractivity contribution >= 4 is 21.8 Å². The Hall–Kier alpha value is -1.63. The van der Waals surface area contributed by atoms with Gasteiger partial charge in [0.15, 0.2) is 0 Å². The molecule has 6 nitrogen and oxygen atoms in total. The van der Waals surface area contributed by atoms with Gasteiger partial charge in [0.1, 0.15) is 5.69 Å². The minimum atomic E-state index is -0.146. The predicted octanol–water partition coefficient (Wildman–Crippen LogP) is 2.37. The Morgan fingerprint density at radius 3 is 2.70 bits per heavy atom. The lowest BCUT2D eigenvalue weighted by molar-refractivity contribution is 0.0926. The van der Waals surface area contributed by atoms with E-state index in [1.807, 2.05) is 31.5 Å². The van der Waals surface area contributed by atoms with Crippen molar-refractivity contribution in [3.05, 3.63) is 34.3 Å². The second-order valence-corrected chi connectivity index (χ2v) is 5.28. The predicted molar refractivity (Wildman–Crippen MR) is 79.4 cm³/mol. The van der Waals surface area contributed by atoms with Crippen LogP contribution in [-0.4, -0.2) is 25.5 Å². The van der Waals surface area contributed by atoms with E-state index in [1.165, 1.54) is 0 Å². The van der Waals surface area contributed by atoms with Crippen LogP contribution < -0.4 is 5.32 Å². The second-order valence-electron chi connectivity index (χ2n) is 4.42. The maximum Gasteiger partial charge on any atom is 0.271 e. The molecule has 0 radical (unpaired) electrons. The Kier molecular flexibility index (Phi) is 4.59. The summed E-state index contributed by atoms with van der Waals surface area (Å²) in [6.07, 6.45) is 3.38. The van der Waals surface area contributed by atoms with Gasteiger partial charge in [-0.25, -0.2) is 0 Å². The number of amides is 1. The van der Waals surface area contributed by atoms with Gasteiger partial charge in [-0.1, -0.05) is 0 Å². The van der Waals surface area contributed by atoms with Crippen molar-refractivity contribution in [2.45, 2.75) is 39.9 Å². The molecule has 0 saturated carbocycles. The topological polar surface area (TPSA) is 64.7 Å². The van der Waals surface area contributed by atoms with E-state index in [4.69, 9.17) is 0 Å². The summed E-state index contributed by atoms with van der Waals surface area (Å²) in [6, 6.07) is 1.80. The number of halogens is 1. The number of nitrogens with one attached hydrogen (secondary N) is 1. The average Bonchev–Trinajstić information content (AvgIpc) is 3.03. The summed E-state index contributed by atoms with van der Waals surface area (Å²) in [7, 11) is 0. The molecule has 1 amide bonds. The molecule has 0 aliphatic heterocycles. The lowest BCUT2D eigenvalue weighted by atomic mass is 10.2. The van der Waals surface area contributed by atoms with Gasteiger partial charge in [-0.3, -0.25) is 14.2 Å². The van der Waals surface area contributed by atoms with Crippen LogP contribution in [0.3, 0.4) is 0 Å². The fourth-order valence-corrected chi connectivity index (χ4v) is 2.62. The van der Waals surface area contributed by atoms with E-state index in [0.29, 0.717) is 16.7 Å². The van der Waals surface area contributed by atoms with Gasteiger partial charge in [0.05, 0.1) is 22.4 Å². The third-order valence-electron chi connectivity index (χ3n) is 3.15. The van der Waals surface area contributed by atoms with E-state index in [0.717, 1.165) is 12.2 Å². The molecule has 0 aliphatic rings. The molecule has 20 heavy (non-hydrogen) atoms. The van der Waals surface area contributed by atoms with Crippen LogP contribution in [0.5, 0.6) is 0 Å². The van der Waals surface area contributed by atoms with Gasteiger partial charge in [-0.05, 0) is 42.8 Å². The molecule has 1 unspecified atom stereocenters. The lowest BCUT2D eigenvalue weighted by Gasteiger charge is -2.16. The van der Waals surface area contributed by atoms with Crippen molar-refractivity contribution in [1.29, 1.82) is 0 Å².